The summed E-state index contributed by atoms with van der Waals surface area (Å²) in [6, 6.07) is 2.57. The highest BCUT2D eigenvalue weighted by atomic mass is 32.2. The second-order valence-electron chi connectivity index (χ2n) is 9.27. The Morgan fingerprint density at radius 1 is 1.33 bits per heavy atom. The molecule has 0 spiro atoms. The molecule has 3 atom stereocenters. The minimum atomic E-state index is -1.02. The molecule has 0 radical (unpaired) electrons. The molecule has 0 bridgehead atoms. The molecular weight excluding hydrogens is 488 g/mol. The van der Waals surface area contributed by atoms with Gasteiger partial charge < -0.3 is 14.9 Å². The van der Waals surface area contributed by atoms with Crippen LogP contribution >= 0.6 is 11.8 Å². The maximum Gasteiger partial charge on any atom is 0.233 e. The Morgan fingerprint density at radius 3 is 2.83 bits per heavy atom. The summed E-state index contributed by atoms with van der Waals surface area (Å²) in [5, 5.41) is 0.366. The number of aliphatic imine (C=N–C) groups is 1. The van der Waals surface area contributed by atoms with E-state index in [9.17, 15) is 9.18 Å². The zero-order valence-electron chi connectivity index (χ0n) is 20.0. The number of halogens is 2. The SMILES string of the molecule is CC[C@]12C[C@H]1[C@@](C)(c1cc(CC(=O)c3ncc(OCc4ncco4)nc3C)cc(F)c1F)N=C(N)S2. The molecule has 1 aliphatic carbocycles. The van der Waals surface area contributed by atoms with E-state index in [1.165, 1.54) is 36.5 Å². The van der Waals surface area contributed by atoms with Crippen molar-refractivity contribution in [2.75, 3.05) is 0 Å². The van der Waals surface area contributed by atoms with Crippen molar-refractivity contribution in [3.05, 3.63) is 70.8 Å². The van der Waals surface area contributed by atoms with Crippen molar-refractivity contribution in [1.29, 1.82) is 0 Å². The summed E-state index contributed by atoms with van der Waals surface area (Å²) in [6.45, 7) is 5.55. The average Bonchev–Trinajstić information content (AvgIpc) is 3.34. The smallest absolute Gasteiger partial charge is 0.233 e. The molecule has 0 unspecified atom stereocenters. The van der Waals surface area contributed by atoms with Crippen LogP contribution in [0.1, 0.15) is 59.9 Å². The van der Waals surface area contributed by atoms with Crippen LogP contribution in [0.5, 0.6) is 5.88 Å². The predicted molar refractivity (Wildman–Crippen MR) is 130 cm³/mol. The summed E-state index contributed by atoms with van der Waals surface area (Å²) in [5.41, 5.74) is 6.01. The molecule has 1 fully saturated rings. The Kier molecular flexibility index (Phi) is 6.06. The van der Waals surface area contributed by atoms with Crippen molar-refractivity contribution in [3.63, 3.8) is 0 Å². The van der Waals surface area contributed by atoms with E-state index in [2.05, 4.69) is 26.9 Å². The van der Waals surface area contributed by atoms with Crippen LogP contribution in [0.25, 0.3) is 0 Å². The van der Waals surface area contributed by atoms with E-state index in [1.54, 1.807) is 13.8 Å². The van der Waals surface area contributed by atoms with Gasteiger partial charge in [0.2, 0.25) is 11.8 Å². The van der Waals surface area contributed by atoms with E-state index >= 15 is 4.39 Å². The third-order valence-electron chi connectivity index (χ3n) is 6.97. The summed E-state index contributed by atoms with van der Waals surface area (Å²) in [4.78, 5) is 30.0. The molecule has 2 aromatic heterocycles. The van der Waals surface area contributed by atoms with Gasteiger partial charge in [-0.25, -0.2) is 23.7 Å². The van der Waals surface area contributed by atoms with Crippen molar-refractivity contribution in [2.45, 2.75) is 56.9 Å². The summed E-state index contributed by atoms with van der Waals surface area (Å²) >= 11 is 1.51. The number of ether oxygens (including phenoxy) is 1. The molecule has 3 aromatic rings. The van der Waals surface area contributed by atoms with Crippen molar-refractivity contribution in [3.8, 4) is 5.88 Å². The van der Waals surface area contributed by atoms with Crippen LogP contribution in [-0.2, 0) is 18.6 Å². The summed E-state index contributed by atoms with van der Waals surface area (Å²) in [7, 11) is 0. The monoisotopic (exact) mass is 513 g/mol. The average molecular weight is 514 g/mol. The van der Waals surface area contributed by atoms with E-state index < -0.39 is 17.2 Å². The summed E-state index contributed by atoms with van der Waals surface area (Å²) < 4.78 is 40.3. The van der Waals surface area contributed by atoms with Crippen molar-refractivity contribution < 1.29 is 22.7 Å². The standard InChI is InChI=1S/C25H25F2N5O3S/c1-4-25-10-18(25)24(3,32-23(28)36-25)15-7-14(8-16(26)21(15)27)9-17(33)22-13(2)31-19(11-30-22)35-12-20-29-5-6-34-20/h5-8,11,18H,4,9-10,12H2,1-3H3,(H2,28,32)/t18-,24+,25-/m0/s1. The first kappa shape index (κ1) is 24.4. The molecule has 1 aromatic carbocycles. The lowest BCUT2D eigenvalue weighted by Gasteiger charge is -2.34. The Hall–Kier alpha value is -3.34. The topological polar surface area (TPSA) is 116 Å². The molecule has 0 saturated heterocycles. The molecule has 188 valence electrons. The van der Waals surface area contributed by atoms with Crippen LogP contribution in [-0.4, -0.2) is 30.6 Å². The van der Waals surface area contributed by atoms with Crippen LogP contribution in [0.15, 0.2) is 40.2 Å². The number of hydrogen-bond acceptors (Lipinski definition) is 9. The van der Waals surface area contributed by atoms with Gasteiger partial charge in [0.25, 0.3) is 0 Å². The number of benzene rings is 1. The number of aryl methyl sites for hydroxylation is 1. The maximum atomic E-state index is 15.1. The number of hydrogen-bond donors (Lipinski definition) is 1. The zero-order chi connectivity index (χ0) is 25.7. The number of fused-ring (bicyclic) bond motifs is 1. The fraction of sp³-hybridized carbons (Fsp3) is 0.400. The number of carbonyl (C=O) groups excluding carboxylic acids is 1. The van der Waals surface area contributed by atoms with Gasteiger partial charge in [0.05, 0.1) is 23.6 Å². The Bertz CT molecular complexity index is 1370. The highest BCUT2D eigenvalue weighted by Gasteiger charge is 2.65. The number of Topliss-reactive ketones (excluding diaryl/α,β-unsaturated/α-hetero) is 1. The van der Waals surface area contributed by atoms with Gasteiger partial charge in [0.1, 0.15) is 12.0 Å². The Balaban J connectivity index is 1.38. The summed E-state index contributed by atoms with van der Waals surface area (Å²) in [5.74, 6) is -1.74. The van der Waals surface area contributed by atoms with E-state index in [1.807, 2.05) is 0 Å². The van der Waals surface area contributed by atoms with E-state index in [0.717, 1.165) is 18.9 Å². The first-order chi connectivity index (χ1) is 17.1. The van der Waals surface area contributed by atoms with Gasteiger partial charge in [0.15, 0.2) is 29.2 Å². The van der Waals surface area contributed by atoms with Crippen molar-refractivity contribution >= 4 is 22.7 Å². The maximum absolute atomic E-state index is 15.1. The molecule has 36 heavy (non-hydrogen) atoms. The minimum absolute atomic E-state index is 0.0317. The van der Waals surface area contributed by atoms with Gasteiger partial charge in [-0.3, -0.25) is 9.79 Å². The lowest BCUT2D eigenvalue weighted by molar-refractivity contribution is 0.0986. The van der Waals surface area contributed by atoms with Crippen molar-refractivity contribution in [1.82, 2.24) is 15.0 Å². The number of rotatable bonds is 8. The second-order valence-corrected chi connectivity index (χ2v) is 10.7. The normalized spacial score (nSPS) is 24.7. The van der Waals surface area contributed by atoms with Gasteiger partial charge in [-0.2, -0.15) is 0 Å². The van der Waals surface area contributed by atoms with Crippen LogP contribution in [0, 0.1) is 24.5 Å². The molecule has 1 saturated carbocycles. The quantitative estimate of drug-likeness (QED) is 0.438. The summed E-state index contributed by atoms with van der Waals surface area (Å²) in [6.07, 6.45) is 5.76. The number of amidine groups is 1. The third-order valence-corrected chi connectivity index (χ3v) is 8.41. The molecule has 8 nitrogen and oxygen atoms in total. The van der Waals surface area contributed by atoms with E-state index in [4.69, 9.17) is 14.9 Å². The molecule has 0 amide bonds. The van der Waals surface area contributed by atoms with Gasteiger partial charge in [0, 0.05) is 22.6 Å². The highest BCUT2D eigenvalue weighted by Crippen LogP contribution is 2.67. The fourth-order valence-corrected chi connectivity index (χ4v) is 6.43. The fourth-order valence-electron chi connectivity index (χ4n) is 5.01. The van der Waals surface area contributed by atoms with Crippen molar-refractivity contribution in [2.24, 2.45) is 16.6 Å². The van der Waals surface area contributed by atoms with Gasteiger partial charge >= 0.3 is 0 Å². The molecule has 11 heteroatoms. The number of carbonyl (C=O) groups is 1. The van der Waals surface area contributed by atoms with Crippen LogP contribution in [0.3, 0.4) is 0 Å². The molecule has 2 aliphatic rings. The number of ketones is 1. The van der Waals surface area contributed by atoms with Gasteiger partial charge in [-0.1, -0.05) is 18.7 Å². The number of thioether (sulfide) groups is 1. The first-order valence-electron chi connectivity index (χ1n) is 11.6. The van der Waals surface area contributed by atoms with Gasteiger partial charge in [-0.15, -0.1) is 0 Å². The van der Waals surface area contributed by atoms with Crippen LogP contribution in [0.2, 0.25) is 0 Å². The van der Waals surface area contributed by atoms with E-state index in [0.29, 0.717) is 22.3 Å². The molecule has 2 N–H and O–H groups in total. The largest absolute Gasteiger partial charge is 0.467 e. The number of aromatic nitrogens is 3. The van der Waals surface area contributed by atoms with Crippen LogP contribution in [0.4, 0.5) is 8.78 Å². The molecule has 5 rings (SSSR count). The Labute approximate surface area is 210 Å². The van der Waals surface area contributed by atoms with Crippen LogP contribution < -0.4 is 10.5 Å². The molecule has 3 heterocycles. The lowest BCUT2D eigenvalue weighted by Crippen LogP contribution is -2.36. The predicted octanol–water partition coefficient (Wildman–Crippen LogP) is 4.50. The number of oxazole rings is 1. The first-order valence-corrected chi connectivity index (χ1v) is 12.4. The third kappa shape index (κ3) is 4.25. The second kappa shape index (κ2) is 8.95. The molecule has 1 aliphatic heterocycles. The number of nitrogens with zero attached hydrogens (tertiary/aromatic N) is 4. The molecular formula is C25H25F2N5O3S. The van der Waals surface area contributed by atoms with Gasteiger partial charge in [-0.05, 0) is 44.4 Å². The lowest BCUT2D eigenvalue weighted by atomic mass is 9.84. The zero-order valence-corrected chi connectivity index (χ0v) is 20.9. The van der Waals surface area contributed by atoms with E-state index in [-0.39, 0.29) is 46.6 Å². The Morgan fingerprint density at radius 2 is 2.14 bits per heavy atom. The minimum Gasteiger partial charge on any atom is -0.467 e. The number of nitrogens with two attached hydrogens (primary N) is 1. The highest BCUT2D eigenvalue weighted by molar-refractivity contribution is 8.15.